The summed E-state index contributed by atoms with van der Waals surface area (Å²) in [6, 6.07) is 23.7. The van der Waals surface area contributed by atoms with E-state index >= 15 is 0 Å². The zero-order chi connectivity index (χ0) is 32.8. The van der Waals surface area contributed by atoms with E-state index in [9.17, 15) is 4.79 Å². The summed E-state index contributed by atoms with van der Waals surface area (Å²) in [5.41, 5.74) is 8.13. The van der Waals surface area contributed by atoms with Gasteiger partial charge in [0, 0.05) is 79.2 Å². The van der Waals surface area contributed by atoms with Gasteiger partial charge >= 0.3 is 0 Å². The number of amides is 1. The lowest BCUT2D eigenvalue weighted by Gasteiger charge is -2.31. The van der Waals surface area contributed by atoms with Gasteiger partial charge in [0.1, 0.15) is 5.75 Å². The summed E-state index contributed by atoms with van der Waals surface area (Å²) >= 11 is 0. The maximum Gasteiger partial charge on any atom is 0.251 e. The van der Waals surface area contributed by atoms with Gasteiger partial charge in [-0.1, -0.05) is 36.4 Å². The molecule has 2 aliphatic rings. The van der Waals surface area contributed by atoms with Crippen molar-refractivity contribution >= 4 is 23.4 Å². The molecule has 0 radical (unpaired) electrons. The van der Waals surface area contributed by atoms with Gasteiger partial charge in [0.25, 0.3) is 5.91 Å². The zero-order valence-electron chi connectivity index (χ0n) is 28.1. The highest BCUT2D eigenvalue weighted by Crippen LogP contribution is 2.36. The van der Waals surface area contributed by atoms with Crippen molar-refractivity contribution < 1.29 is 14.3 Å². The van der Waals surface area contributed by atoms with Crippen LogP contribution in [0.25, 0.3) is 17.2 Å². The standard InChI is InChI=1S/C39H47N5O3/c1-5-47-38-9-7-6-8-36(38)31-12-15-37-33(22-31)23-32(16-19-43(37)26-30-24-40-44(27-30)28(2)3)39(45)41-34-13-10-29(11-14-34)25-42(4)35-17-20-46-21-18-35/h6-15,22-24,27-28,35H,5,16-21,25-26H2,1-4H3,(H,41,45). The van der Waals surface area contributed by atoms with Gasteiger partial charge in [-0.15, -0.1) is 0 Å². The fraction of sp³-hybridized carbons (Fsp3) is 0.385. The van der Waals surface area contributed by atoms with Crippen LogP contribution in [0.4, 0.5) is 11.4 Å². The van der Waals surface area contributed by atoms with E-state index in [0.717, 1.165) is 77.6 Å². The predicted octanol–water partition coefficient (Wildman–Crippen LogP) is 7.57. The number of carbonyl (C=O) groups is 1. The van der Waals surface area contributed by atoms with E-state index in [-0.39, 0.29) is 5.91 Å². The Balaban J connectivity index is 1.23. The third kappa shape index (κ3) is 7.95. The van der Waals surface area contributed by atoms with Gasteiger partial charge in [0.2, 0.25) is 0 Å². The molecule has 2 aliphatic heterocycles. The Hall–Kier alpha value is -4.40. The molecule has 8 heteroatoms. The average Bonchev–Trinajstić information content (AvgIpc) is 3.49. The van der Waals surface area contributed by atoms with Crippen molar-refractivity contribution in [3.63, 3.8) is 0 Å². The van der Waals surface area contributed by atoms with Crippen LogP contribution in [0.1, 0.15) is 62.8 Å². The molecule has 1 amide bonds. The van der Waals surface area contributed by atoms with Gasteiger partial charge in [0.15, 0.2) is 0 Å². The zero-order valence-corrected chi connectivity index (χ0v) is 28.1. The summed E-state index contributed by atoms with van der Waals surface area (Å²) in [6.45, 7) is 10.8. The van der Waals surface area contributed by atoms with Gasteiger partial charge in [-0.05, 0) is 100 Å². The Morgan fingerprint density at radius 2 is 1.85 bits per heavy atom. The third-order valence-electron chi connectivity index (χ3n) is 9.15. The van der Waals surface area contributed by atoms with Gasteiger partial charge in [-0.2, -0.15) is 5.10 Å². The topological polar surface area (TPSA) is 71.9 Å². The Bertz CT molecular complexity index is 1690. The fourth-order valence-corrected chi connectivity index (χ4v) is 6.50. The molecule has 4 aromatic rings. The largest absolute Gasteiger partial charge is 0.493 e. The maximum absolute atomic E-state index is 13.8. The number of hydrogen-bond acceptors (Lipinski definition) is 6. The van der Waals surface area contributed by atoms with Crippen LogP contribution in [-0.2, 0) is 22.6 Å². The van der Waals surface area contributed by atoms with E-state index < -0.39 is 0 Å². The van der Waals surface area contributed by atoms with Crippen molar-refractivity contribution in [3.8, 4) is 16.9 Å². The van der Waals surface area contributed by atoms with Gasteiger partial charge < -0.3 is 19.7 Å². The van der Waals surface area contributed by atoms with Crippen LogP contribution in [0.3, 0.4) is 0 Å². The number of carbonyl (C=O) groups excluding carboxylic acids is 1. The lowest BCUT2D eigenvalue weighted by atomic mass is 9.99. The van der Waals surface area contributed by atoms with Gasteiger partial charge in [-0.25, -0.2) is 0 Å². The second kappa shape index (κ2) is 15.0. The average molecular weight is 634 g/mol. The predicted molar refractivity (Wildman–Crippen MR) is 190 cm³/mol. The van der Waals surface area contributed by atoms with E-state index in [1.807, 2.05) is 48.1 Å². The van der Waals surface area contributed by atoms with E-state index in [2.05, 4.69) is 89.8 Å². The molecule has 246 valence electrons. The molecule has 1 fully saturated rings. The molecule has 3 aromatic carbocycles. The summed E-state index contributed by atoms with van der Waals surface area (Å²) in [5.74, 6) is 0.781. The van der Waals surface area contributed by atoms with Crippen LogP contribution in [0.5, 0.6) is 5.75 Å². The van der Waals surface area contributed by atoms with Crippen LogP contribution in [0.15, 0.2) is 84.7 Å². The minimum Gasteiger partial charge on any atom is -0.493 e. The first-order valence-corrected chi connectivity index (χ1v) is 16.9. The Morgan fingerprint density at radius 3 is 2.60 bits per heavy atom. The molecular weight excluding hydrogens is 586 g/mol. The summed E-state index contributed by atoms with van der Waals surface area (Å²) in [7, 11) is 2.18. The number of rotatable bonds is 11. The molecular formula is C39H47N5O3. The second-order valence-corrected chi connectivity index (χ2v) is 12.9. The van der Waals surface area contributed by atoms with Crippen molar-refractivity contribution in [1.29, 1.82) is 0 Å². The van der Waals surface area contributed by atoms with Crippen LogP contribution in [-0.4, -0.2) is 60.0 Å². The van der Waals surface area contributed by atoms with Crippen molar-refractivity contribution in [3.05, 3.63) is 101 Å². The number of anilines is 2. The number of ether oxygens (including phenoxy) is 2. The summed E-state index contributed by atoms with van der Waals surface area (Å²) < 4.78 is 13.5. The Kier molecular flexibility index (Phi) is 10.4. The van der Waals surface area contributed by atoms with Crippen molar-refractivity contribution in [2.75, 3.05) is 43.6 Å². The van der Waals surface area contributed by atoms with Crippen molar-refractivity contribution in [2.24, 2.45) is 0 Å². The van der Waals surface area contributed by atoms with Gasteiger partial charge in [-0.3, -0.25) is 14.4 Å². The van der Waals surface area contributed by atoms with Crippen molar-refractivity contribution in [2.45, 2.75) is 65.2 Å². The SMILES string of the molecule is CCOc1ccccc1-c1ccc2c(c1)C=C(C(=O)Nc1ccc(CN(C)C3CCOCC3)cc1)CCN2Cc1cnn(C(C)C)c1. The molecule has 8 nitrogen and oxygen atoms in total. The summed E-state index contributed by atoms with van der Waals surface area (Å²) in [4.78, 5) is 18.5. The number of nitrogens with zero attached hydrogens (tertiary/aromatic N) is 4. The normalized spacial score (nSPS) is 15.4. The molecule has 3 heterocycles. The molecule has 0 saturated carbocycles. The highest BCUT2D eigenvalue weighted by molar-refractivity contribution is 6.07. The first-order valence-electron chi connectivity index (χ1n) is 16.9. The number of aromatic nitrogens is 2. The molecule has 0 spiro atoms. The highest BCUT2D eigenvalue weighted by Gasteiger charge is 2.22. The monoisotopic (exact) mass is 633 g/mol. The maximum atomic E-state index is 13.8. The van der Waals surface area contributed by atoms with Crippen molar-refractivity contribution in [1.82, 2.24) is 14.7 Å². The number of benzene rings is 3. The second-order valence-electron chi connectivity index (χ2n) is 12.9. The van der Waals surface area contributed by atoms with Crippen LogP contribution < -0.4 is 15.0 Å². The Morgan fingerprint density at radius 1 is 1.06 bits per heavy atom. The van der Waals surface area contributed by atoms with E-state index in [1.165, 1.54) is 5.56 Å². The highest BCUT2D eigenvalue weighted by atomic mass is 16.5. The number of fused-ring (bicyclic) bond motifs is 1. The molecule has 1 saturated heterocycles. The molecule has 0 bridgehead atoms. The lowest BCUT2D eigenvalue weighted by Crippen LogP contribution is -2.36. The lowest BCUT2D eigenvalue weighted by molar-refractivity contribution is -0.112. The molecule has 1 aromatic heterocycles. The number of para-hydroxylation sites is 1. The molecule has 47 heavy (non-hydrogen) atoms. The van der Waals surface area contributed by atoms with E-state index in [4.69, 9.17) is 9.47 Å². The Labute approximate surface area is 279 Å². The van der Waals surface area contributed by atoms with Crippen LogP contribution in [0, 0.1) is 0 Å². The van der Waals surface area contributed by atoms with E-state index in [1.54, 1.807) is 0 Å². The van der Waals surface area contributed by atoms with Gasteiger partial charge in [0.05, 0.1) is 12.8 Å². The quantitative estimate of drug-likeness (QED) is 0.184. The fourth-order valence-electron chi connectivity index (χ4n) is 6.50. The molecule has 0 unspecified atom stereocenters. The smallest absolute Gasteiger partial charge is 0.251 e. The molecule has 0 atom stereocenters. The third-order valence-corrected chi connectivity index (χ3v) is 9.15. The molecule has 0 aliphatic carbocycles. The molecule has 6 rings (SSSR count). The molecule has 1 N–H and O–H groups in total. The summed E-state index contributed by atoms with van der Waals surface area (Å²) in [6.07, 6.45) is 8.89. The summed E-state index contributed by atoms with van der Waals surface area (Å²) in [5, 5.41) is 7.75. The van der Waals surface area contributed by atoms with E-state index in [0.29, 0.717) is 38.2 Å². The van der Waals surface area contributed by atoms with Crippen LogP contribution in [0.2, 0.25) is 0 Å². The number of hydrogen-bond donors (Lipinski definition) is 1. The first kappa shape index (κ1) is 32.5. The number of nitrogens with one attached hydrogen (secondary N) is 1. The minimum absolute atomic E-state index is 0.0716. The van der Waals surface area contributed by atoms with Crippen LogP contribution >= 0.6 is 0 Å². The minimum atomic E-state index is -0.0716. The first-order chi connectivity index (χ1) is 22.9.